The molecule has 1 aliphatic rings. The maximum Gasteiger partial charge on any atom is 0.229 e. The molecule has 1 aromatic carbocycles. The van der Waals surface area contributed by atoms with Gasteiger partial charge in [-0.1, -0.05) is 31.3 Å². The molecule has 0 spiro atoms. The van der Waals surface area contributed by atoms with Crippen LogP contribution in [0, 0.1) is 19.8 Å². The Hall–Kier alpha value is -2.28. The van der Waals surface area contributed by atoms with Crippen LogP contribution in [0.1, 0.15) is 55.2 Å². The number of carbonyl (C=O) groups is 2. The van der Waals surface area contributed by atoms with Gasteiger partial charge in [0.2, 0.25) is 16.9 Å². The molecule has 2 aromatic rings. The van der Waals surface area contributed by atoms with Gasteiger partial charge in [0.05, 0.1) is 0 Å². The summed E-state index contributed by atoms with van der Waals surface area (Å²) in [5.74, 6) is 0.0879. The van der Waals surface area contributed by atoms with Crippen LogP contribution < -0.4 is 10.2 Å². The van der Waals surface area contributed by atoms with Crippen molar-refractivity contribution in [3.63, 3.8) is 0 Å². The molecule has 0 bridgehead atoms. The summed E-state index contributed by atoms with van der Waals surface area (Å²) in [4.78, 5) is 26.6. The third-order valence-electron chi connectivity index (χ3n) is 5.02. The van der Waals surface area contributed by atoms with Crippen LogP contribution in [0.3, 0.4) is 0 Å². The van der Waals surface area contributed by atoms with E-state index in [1.807, 2.05) is 44.7 Å². The van der Waals surface area contributed by atoms with Gasteiger partial charge in [-0.15, -0.1) is 10.2 Å². The van der Waals surface area contributed by atoms with Crippen LogP contribution in [0.15, 0.2) is 18.2 Å². The van der Waals surface area contributed by atoms with Crippen molar-refractivity contribution in [1.82, 2.24) is 10.2 Å². The van der Waals surface area contributed by atoms with Gasteiger partial charge < -0.3 is 10.2 Å². The van der Waals surface area contributed by atoms with E-state index in [1.165, 1.54) is 11.3 Å². The number of hydrogen-bond donors (Lipinski definition) is 1. The molecule has 0 saturated carbocycles. The van der Waals surface area contributed by atoms with Crippen LogP contribution in [0.25, 0.3) is 0 Å². The van der Waals surface area contributed by atoms with Crippen LogP contribution in [0.5, 0.6) is 0 Å². The van der Waals surface area contributed by atoms with E-state index in [9.17, 15) is 9.59 Å². The van der Waals surface area contributed by atoms with Crippen molar-refractivity contribution in [3.05, 3.63) is 34.3 Å². The van der Waals surface area contributed by atoms with E-state index in [2.05, 4.69) is 21.6 Å². The van der Waals surface area contributed by atoms with Gasteiger partial charge in [-0.05, 0) is 49.9 Å². The SMILES string of the molecule is CCC(CC)C(=O)Nc1nnc([C@H]2CC(=O)N(c3cc(C)cc(C)c3)C2)s1. The monoisotopic (exact) mass is 386 g/mol. The lowest BCUT2D eigenvalue weighted by atomic mass is 10.0. The van der Waals surface area contributed by atoms with Gasteiger partial charge in [-0.25, -0.2) is 0 Å². The third kappa shape index (κ3) is 4.35. The van der Waals surface area contributed by atoms with Crippen LogP contribution in [0.2, 0.25) is 0 Å². The Morgan fingerprint density at radius 2 is 1.89 bits per heavy atom. The van der Waals surface area contributed by atoms with Crippen LogP contribution in [0.4, 0.5) is 10.8 Å². The molecule has 0 unspecified atom stereocenters. The number of anilines is 2. The third-order valence-corrected chi connectivity index (χ3v) is 6.02. The molecular weight excluding hydrogens is 360 g/mol. The number of nitrogens with one attached hydrogen (secondary N) is 1. The molecule has 0 radical (unpaired) electrons. The summed E-state index contributed by atoms with van der Waals surface area (Å²) in [5, 5.41) is 12.5. The van der Waals surface area contributed by atoms with Crippen molar-refractivity contribution in [2.24, 2.45) is 5.92 Å². The Balaban J connectivity index is 1.71. The summed E-state index contributed by atoms with van der Waals surface area (Å²) in [5.41, 5.74) is 3.22. The van der Waals surface area contributed by atoms with E-state index in [4.69, 9.17) is 0 Å². The number of nitrogens with zero attached hydrogens (tertiary/aromatic N) is 3. The highest BCUT2D eigenvalue weighted by Gasteiger charge is 2.34. The topological polar surface area (TPSA) is 75.2 Å². The van der Waals surface area contributed by atoms with E-state index < -0.39 is 0 Å². The van der Waals surface area contributed by atoms with E-state index in [1.54, 1.807) is 0 Å². The summed E-state index contributed by atoms with van der Waals surface area (Å²) < 4.78 is 0. The number of benzene rings is 1. The van der Waals surface area contributed by atoms with Crippen LogP contribution >= 0.6 is 11.3 Å². The first-order chi connectivity index (χ1) is 12.9. The highest BCUT2D eigenvalue weighted by atomic mass is 32.1. The maximum absolute atomic E-state index is 12.5. The number of amides is 2. The predicted octanol–water partition coefficient (Wildman–Crippen LogP) is 4.05. The summed E-state index contributed by atoms with van der Waals surface area (Å²) in [6.45, 7) is 8.68. The minimum absolute atomic E-state index is 0.00883. The normalized spacial score (nSPS) is 17.0. The van der Waals surface area contributed by atoms with Crippen molar-refractivity contribution in [1.29, 1.82) is 0 Å². The molecule has 2 heterocycles. The molecule has 27 heavy (non-hydrogen) atoms. The molecule has 144 valence electrons. The standard InChI is InChI=1S/C20H26N4O2S/c1-5-14(6-2)18(26)21-20-23-22-19(27-20)15-10-17(25)24(11-15)16-8-12(3)7-13(4)9-16/h7-9,14-15H,5-6,10-11H2,1-4H3,(H,21,23,26)/t15-/m0/s1. The summed E-state index contributed by atoms with van der Waals surface area (Å²) in [6, 6.07) is 6.17. The quantitative estimate of drug-likeness (QED) is 0.813. The van der Waals surface area contributed by atoms with Gasteiger partial charge in [-0.3, -0.25) is 9.59 Å². The highest BCUT2D eigenvalue weighted by molar-refractivity contribution is 7.15. The molecule has 1 N–H and O–H groups in total. The van der Waals surface area contributed by atoms with E-state index >= 15 is 0 Å². The number of aryl methyl sites for hydroxylation is 2. The number of aromatic nitrogens is 2. The van der Waals surface area contributed by atoms with Crippen LogP contribution in [-0.2, 0) is 9.59 Å². The van der Waals surface area contributed by atoms with E-state index in [0.717, 1.165) is 34.7 Å². The first kappa shape index (κ1) is 19.5. The summed E-state index contributed by atoms with van der Waals surface area (Å²) in [6.07, 6.45) is 2.02. The van der Waals surface area contributed by atoms with Crippen molar-refractivity contribution < 1.29 is 9.59 Å². The fourth-order valence-electron chi connectivity index (χ4n) is 3.55. The predicted molar refractivity (Wildman–Crippen MR) is 108 cm³/mol. The molecule has 1 aromatic heterocycles. The molecule has 1 atom stereocenters. The average Bonchev–Trinajstić information content (AvgIpc) is 3.21. The number of rotatable bonds is 6. The first-order valence-electron chi connectivity index (χ1n) is 9.44. The van der Waals surface area contributed by atoms with Gasteiger partial charge in [0.15, 0.2) is 0 Å². The fraction of sp³-hybridized carbons (Fsp3) is 0.500. The van der Waals surface area contributed by atoms with E-state index in [-0.39, 0.29) is 23.7 Å². The molecule has 1 fully saturated rings. The smallest absolute Gasteiger partial charge is 0.229 e. The van der Waals surface area contributed by atoms with Crippen molar-refractivity contribution in [3.8, 4) is 0 Å². The molecule has 3 rings (SSSR count). The Morgan fingerprint density at radius 1 is 1.22 bits per heavy atom. The summed E-state index contributed by atoms with van der Waals surface area (Å²) in [7, 11) is 0. The second-order valence-corrected chi connectivity index (χ2v) is 8.21. The van der Waals surface area contributed by atoms with Gasteiger partial charge >= 0.3 is 0 Å². The van der Waals surface area contributed by atoms with Crippen LogP contribution in [-0.4, -0.2) is 28.6 Å². The molecule has 7 heteroatoms. The van der Waals surface area contributed by atoms with Gasteiger partial charge in [0.1, 0.15) is 5.01 Å². The minimum Gasteiger partial charge on any atom is -0.312 e. The summed E-state index contributed by atoms with van der Waals surface area (Å²) >= 11 is 1.37. The molecule has 1 aliphatic heterocycles. The largest absolute Gasteiger partial charge is 0.312 e. The average molecular weight is 387 g/mol. The second kappa shape index (κ2) is 8.17. The zero-order chi connectivity index (χ0) is 19.6. The number of carbonyl (C=O) groups excluding carboxylic acids is 2. The Kier molecular flexibility index (Phi) is 5.89. The second-order valence-electron chi connectivity index (χ2n) is 7.20. The lowest BCUT2D eigenvalue weighted by molar-refractivity contribution is -0.120. The lowest BCUT2D eigenvalue weighted by Crippen LogP contribution is -2.24. The van der Waals surface area contributed by atoms with Crippen molar-refractivity contribution >= 4 is 34.0 Å². The first-order valence-corrected chi connectivity index (χ1v) is 10.3. The van der Waals surface area contributed by atoms with Crippen molar-refractivity contribution in [2.75, 3.05) is 16.8 Å². The Bertz CT molecular complexity index is 824. The maximum atomic E-state index is 12.5. The zero-order valence-corrected chi connectivity index (χ0v) is 17.1. The Labute approximate surface area is 164 Å². The van der Waals surface area contributed by atoms with Gasteiger partial charge in [0.25, 0.3) is 0 Å². The number of hydrogen-bond acceptors (Lipinski definition) is 5. The van der Waals surface area contributed by atoms with E-state index in [0.29, 0.717) is 18.1 Å². The minimum atomic E-state index is -0.0120. The molecular formula is C20H26N4O2S. The lowest BCUT2D eigenvalue weighted by Gasteiger charge is -2.17. The molecule has 2 amide bonds. The molecule has 1 saturated heterocycles. The highest BCUT2D eigenvalue weighted by Crippen LogP contribution is 2.35. The molecule has 6 nitrogen and oxygen atoms in total. The van der Waals surface area contributed by atoms with Gasteiger partial charge in [-0.2, -0.15) is 0 Å². The fourth-order valence-corrected chi connectivity index (χ4v) is 4.38. The zero-order valence-electron chi connectivity index (χ0n) is 16.3. The van der Waals surface area contributed by atoms with Crippen molar-refractivity contribution in [2.45, 2.75) is 52.9 Å². The molecule has 0 aliphatic carbocycles. The Morgan fingerprint density at radius 3 is 2.52 bits per heavy atom. The van der Waals surface area contributed by atoms with Gasteiger partial charge in [0, 0.05) is 30.5 Å².